The van der Waals surface area contributed by atoms with Crippen LogP contribution in [0, 0.1) is 19.7 Å². The Labute approximate surface area is 108 Å². The SMILES string of the molecule is Cc1nc(CNc2nc3ccc(F)cc3[nH]2)oc1C. The molecule has 0 fully saturated rings. The summed E-state index contributed by atoms with van der Waals surface area (Å²) in [4.78, 5) is 11.6. The van der Waals surface area contributed by atoms with Gasteiger partial charge >= 0.3 is 0 Å². The average molecular weight is 260 g/mol. The van der Waals surface area contributed by atoms with Gasteiger partial charge in [-0.05, 0) is 32.0 Å². The highest BCUT2D eigenvalue weighted by atomic mass is 19.1. The first-order valence-corrected chi connectivity index (χ1v) is 5.94. The first-order chi connectivity index (χ1) is 9.11. The molecule has 19 heavy (non-hydrogen) atoms. The van der Waals surface area contributed by atoms with Crippen LogP contribution in [0.25, 0.3) is 11.0 Å². The number of benzene rings is 1. The van der Waals surface area contributed by atoms with Crippen LogP contribution in [0.3, 0.4) is 0 Å². The summed E-state index contributed by atoms with van der Waals surface area (Å²) in [6.45, 7) is 4.19. The molecule has 0 radical (unpaired) electrons. The van der Waals surface area contributed by atoms with Gasteiger partial charge in [0, 0.05) is 0 Å². The lowest BCUT2D eigenvalue weighted by molar-refractivity contribution is 0.478. The number of fused-ring (bicyclic) bond motifs is 1. The van der Waals surface area contributed by atoms with Crippen LogP contribution in [0.5, 0.6) is 0 Å². The maximum absolute atomic E-state index is 13.1. The summed E-state index contributed by atoms with van der Waals surface area (Å²) in [7, 11) is 0. The molecular formula is C13H13FN4O. The molecule has 0 atom stereocenters. The number of halogens is 1. The Morgan fingerprint density at radius 3 is 2.89 bits per heavy atom. The molecule has 0 bridgehead atoms. The highest BCUT2D eigenvalue weighted by molar-refractivity contribution is 5.77. The quantitative estimate of drug-likeness (QED) is 0.759. The van der Waals surface area contributed by atoms with E-state index in [2.05, 4.69) is 20.3 Å². The molecule has 0 saturated carbocycles. The fraction of sp³-hybridized carbons (Fsp3) is 0.231. The summed E-state index contributed by atoms with van der Waals surface area (Å²) >= 11 is 0. The minimum atomic E-state index is -0.290. The summed E-state index contributed by atoms with van der Waals surface area (Å²) in [5.74, 6) is 1.68. The van der Waals surface area contributed by atoms with Gasteiger partial charge in [0.15, 0.2) is 0 Å². The van der Waals surface area contributed by atoms with Crippen molar-refractivity contribution < 1.29 is 8.81 Å². The number of oxazole rings is 1. The number of aromatic amines is 1. The maximum Gasteiger partial charge on any atom is 0.214 e. The molecule has 0 saturated heterocycles. The highest BCUT2D eigenvalue weighted by Gasteiger charge is 2.07. The van der Waals surface area contributed by atoms with Crippen molar-refractivity contribution in [2.45, 2.75) is 20.4 Å². The van der Waals surface area contributed by atoms with Crippen molar-refractivity contribution in [3.8, 4) is 0 Å². The van der Waals surface area contributed by atoms with Crippen molar-refractivity contribution in [3.05, 3.63) is 41.4 Å². The predicted octanol–water partition coefficient (Wildman–Crippen LogP) is 2.92. The van der Waals surface area contributed by atoms with Crippen molar-refractivity contribution in [2.24, 2.45) is 0 Å². The smallest absolute Gasteiger partial charge is 0.214 e. The van der Waals surface area contributed by atoms with E-state index in [1.54, 1.807) is 6.07 Å². The molecule has 2 heterocycles. The molecule has 2 aromatic heterocycles. The summed E-state index contributed by atoms with van der Waals surface area (Å²) in [6, 6.07) is 4.42. The molecule has 0 aliphatic rings. The fourth-order valence-electron chi connectivity index (χ4n) is 1.84. The van der Waals surface area contributed by atoms with E-state index in [1.165, 1.54) is 12.1 Å². The molecular weight excluding hydrogens is 247 g/mol. The summed E-state index contributed by atoms with van der Waals surface area (Å²) in [5.41, 5.74) is 2.24. The van der Waals surface area contributed by atoms with E-state index in [-0.39, 0.29) is 5.82 Å². The largest absolute Gasteiger partial charge is 0.444 e. The highest BCUT2D eigenvalue weighted by Crippen LogP contribution is 2.16. The summed E-state index contributed by atoms with van der Waals surface area (Å²) in [5, 5.41) is 3.07. The van der Waals surface area contributed by atoms with Gasteiger partial charge in [-0.1, -0.05) is 0 Å². The van der Waals surface area contributed by atoms with E-state index in [0.29, 0.717) is 29.4 Å². The van der Waals surface area contributed by atoms with E-state index < -0.39 is 0 Å². The molecule has 98 valence electrons. The molecule has 6 heteroatoms. The third-order valence-electron chi connectivity index (χ3n) is 2.92. The van der Waals surface area contributed by atoms with Crippen LogP contribution in [0.1, 0.15) is 17.3 Å². The van der Waals surface area contributed by atoms with Gasteiger partial charge in [-0.15, -0.1) is 0 Å². The normalized spacial score (nSPS) is 11.1. The number of aromatic nitrogens is 3. The van der Waals surface area contributed by atoms with E-state index in [1.807, 2.05) is 13.8 Å². The second kappa shape index (κ2) is 4.38. The van der Waals surface area contributed by atoms with Crippen LogP contribution in [-0.4, -0.2) is 15.0 Å². The number of aryl methyl sites for hydroxylation is 2. The molecule has 0 aliphatic heterocycles. The number of hydrogen-bond donors (Lipinski definition) is 2. The Hall–Kier alpha value is -2.37. The third-order valence-corrected chi connectivity index (χ3v) is 2.92. The molecule has 0 unspecified atom stereocenters. The topological polar surface area (TPSA) is 66.7 Å². The summed E-state index contributed by atoms with van der Waals surface area (Å²) in [6.07, 6.45) is 0. The van der Waals surface area contributed by atoms with Gasteiger partial charge in [0.2, 0.25) is 11.8 Å². The number of H-pyrrole nitrogens is 1. The monoisotopic (exact) mass is 260 g/mol. The van der Waals surface area contributed by atoms with Crippen molar-refractivity contribution in [2.75, 3.05) is 5.32 Å². The molecule has 5 nitrogen and oxygen atoms in total. The third kappa shape index (κ3) is 2.29. The van der Waals surface area contributed by atoms with Crippen molar-refractivity contribution in [1.29, 1.82) is 0 Å². The molecule has 2 N–H and O–H groups in total. The van der Waals surface area contributed by atoms with Gasteiger partial charge in [0.1, 0.15) is 11.6 Å². The first kappa shape index (κ1) is 11.7. The molecule has 0 aliphatic carbocycles. The fourth-order valence-corrected chi connectivity index (χ4v) is 1.84. The molecule has 1 aromatic carbocycles. The van der Waals surface area contributed by atoms with Gasteiger partial charge in [-0.2, -0.15) is 0 Å². The van der Waals surface area contributed by atoms with Crippen LogP contribution in [0.2, 0.25) is 0 Å². The molecule has 0 amide bonds. The van der Waals surface area contributed by atoms with Crippen LogP contribution in [-0.2, 0) is 6.54 Å². The number of anilines is 1. The number of imidazole rings is 1. The molecule has 3 rings (SSSR count). The number of nitrogens with one attached hydrogen (secondary N) is 2. The second-order valence-electron chi connectivity index (χ2n) is 4.35. The van der Waals surface area contributed by atoms with Gasteiger partial charge in [0.25, 0.3) is 0 Å². The Kier molecular flexibility index (Phi) is 2.70. The Bertz CT molecular complexity index is 712. The van der Waals surface area contributed by atoms with E-state index >= 15 is 0 Å². The van der Waals surface area contributed by atoms with E-state index in [4.69, 9.17) is 4.42 Å². The van der Waals surface area contributed by atoms with Gasteiger partial charge in [-0.3, -0.25) is 0 Å². The van der Waals surface area contributed by atoms with Crippen LogP contribution < -0.4 is 5.32 Å². The number of rotatable bonds is 3. The lowest BCUT2D eigenvalue weighted by atomic mass is 10.3. The predicted molar refractivity (Wildman–Crippen MR) is 69.4 cm³/mol. The van der Waals surface area contributed by atoms with Gasteiger partial charge < -0.3 is 14.7 Å². The minimum absolute atomic E-state index is 0.290. The minimum Gasteiger partial charge on any atom is -0.444 e. The standard InChI is InChI=1S/C13H13FN4O/c1-7-8(2)19-12(16-7)6-15-13-17-10-4-3-9(14)5-11(10)18-13/h3-5H,6H2,1-2H3,(H2,15,17,18). The van der Waals surface area contributed by atoms with E-state index in [0.717, 1.165) is 11.5 Å². The van der Waals surface area contributed by atoms with Gasteiger partial charge in [0.05, 0.1) is 23.3 Å². The lowest BCUT2D eigenvalue weighted by Crippen LogP contribution is -2.01. The van der Waals surface area contributed by atoms with E-state index in [9.17, 15) is 4.39 Å². The number of hydrogen-bond acceptors (Lipinski definition) is 4. The average Bonchev–Trinajstić information content (AvgIpc) is 2.90. The Balaban J connectivity index is 1.78. The zero-order chi connectivity index (χ0) is 13.4. The number of nitrogens with zero attached hydrogens (tertiary/aromatic N) is 2. The van der Waals surface area contributed by atoms with Crippen molar-refractivity contribution in [1.82, 2.24) is 15.0 Å². The van der Waals surface area contributed by atoms with Crippen LogP contribution >= 0.6 is 0 Å². The van der Waals surface area contributed by atoms with Gasteiger partial charge in [-0.25, -0.2) is 14.4 Å². The van der Waals surface area contributed by atoms with Crippen LogP contribution in [0.4, 0.5) is 10.3 Å². The van der Waals surface area contributed by atoms with Crippen molar-refractivity contribution in [3.63, 3.8) is 0 Å². The summed E-state index contributed by atoms with van der Waals surface area (Å²) < 4.78 is 18.5. The Morgan fingerprint density at radius 2 is 2.16 bits per heavy atom. The zero-order valence-electron chi connectivity index (χ0n) is 10.6. The molecule has 0 spiro atoms. The van der Waals surface area contributed by atoms with Crippen LogP contribution in [0.15, 0.2) is 22.6 Å². The lowest BCUT2D eigenvalue weighted by Gasteiger charge is -1.97. The second-order valence-corrected chi connectivity index (χ2v) is 4.35. The zero-order valence-corrected chi connectivity index (χ0v) is 10.6. The first-order valence-electron chi connectivity index (χ1n) is 5.94. The van der Waals surface area contributed by atoms with Crippen molar-refractivity contribution >= 4 is 17.0 Å². The molecule has 3 aromatic rings. The maximum atomic E-state index is 13.1. The Morgan fingerprint density at radius 1 is 1.32 bits per heavy atom.